The van der Waals surface area contributed by atoms with Gasteiger partial charge in [0.15, 0.2) is 0 Å². The van der Waals surface area contributed by atoms with Crippen molar-refractivity contribution in [3.05, 3.63) is 44.9 Å². The number of carboxylic acid groups (broad SMARTS) is 1. The van der Waals surface area contributed by atoms with Crippen LogP contribution in [0, 0.1) is 6.92 Å². The number of piperidine rings is 1. The fourth-order valence-corrected chi connectivity index (χ4v) is 4.01. The lowest BCUT2D eigenvalue weighted by molar-refractivity contribution is -0.143. The van der Waals surface area contributed by atoms with Gasteiger partial charge in [0.25, 0.3) is 5.91 Å². The number of rotatable bonds is 5. The van der Waals surface area contributed by atoms with Crippen molar-refractivity contribution in [2.75, 3.05) is 6.54 Å². The molecule has 1 aromatic carbocycles. The van der Waals surface area contributed by atoms with Gasteiger partial charge >= 0.3 is 5.97 Å². The van der Waals surface area contributed by atoms with Crippen LogP contribution in [-0.2, 0) is 11.4 Å². The molecule has 8 heteroatoms. The summed E-state index contributed by atoms with van der Waals surface area (Å²) in [5.41, 5.74) is 0.601. The van der Waals surface area contributed by atoms with E-state index in [1.54, 1.807) is 31.2 Å². The summed E-state index contributed by atoms with van der Waals surface area (Å²) in [6.45, 7) is 2.46. The third-order valence-electron chi connectivity index (χ3n) is 4.26. The molecule has 0 aliphatic carbocycles. The van der Waals surface area contributed by atoms with Crippen LogP contribution in [0.5, 0.6) is 5.75 Å². The fraction of sp³-hybridized carbons (Fsp3) is 0.389. The molecule has 1 amide bonds. The van der Waals surface area contributed by atoms with E-state index in [9.17, 15) is 14.7 Å². The van der Waals surface area contributed by atoms with Crippen molar-refractivity contribution < 1.29 is 19.4 Å². The molecule has 1 saturated heterocycles. The summed E-state index contributed by atoms with van der Waals surface area (Å²) in [5.74, 6) is -0.548. The topological polar surface area (TPSA) is 79.7 Å². The second-order valence-corrected chi connectivity index (χ2v) is 7.63. The molecule has 0 spiro atoms. The van der Waals surface area contributed by atoms with Crippen molar-refractivity contribution in [3.63, 3.8) is 0 Å². The zero-order valence-electron chi connectivity index (χ0n) is 14.3. The molecule has 2 heterocycles. The van der Waals surface area contributed by atoms with Crippen LogP contribution in [0.4, 0.5) is 0 Å². The average molecular weight is 395 g/mol. The number of likely N-dealkylation sites (tertiary alicyclic amines) is 1. The van der Waals surface area contributed by atoms with Crippen molar-refractivity contribution in [2.45, 2.75) is 38.8 Å². The number of nitrogens with zero attached hydrogens (tertiary/aromatic N) is 2. The second kappa shape index (κ2) is 8.05. The first-order valence-corrected chi connectivity index (χ1v) is 9.53. The molecule has 0 saturated carbocycles. The van der Waals surface area contributed by atoms with Crippen LogP contribution in [0.2, 0.25) is 5.02 Å². The van der Waals surface area contributed by atoms with Crippen LogP contribution >= 0.6 is 22.9 Å². The quantitative estimate of drug-likeness (QED) is 0.835. The number of carbonyl (C=O) groups excluding carboxylic acids is 1. The van der Waals surface area contributed by atoms with E-state index < -0.39 is 12.0 Å². The van der Waals surface area contributed by atoms with Gasteiger partial charge in [0, 0.05) is 11.6 Å². The fourth-order valence-electron chi connectivity index (χ4n) is 2.95. The van der Waals surface area contributed by atoms with Crippen LogP contribution in [-0.4, -0.2) is 39.5 Å². The van der Waals surface area contributed by atoms with Crippen LogP contribution < -0.4 is 4.74 Å². The van der Waals surface area contributed by atoms with Gasteiger partial charge in [0.2, 0.25) is 0 Å². The van der Waals surface area contributed by atoms with Gasteiger partial charge in [0.05, 0.1) is 5.69 Å². The van der Waals surface area contributed by atoms with E-state index in [4.69, 9.17) is 16.3 Å². The maximum atomic E-state index is 12.8. The third kappa shape index (κ3) is 4.16. The van der Waals surface area contributed by atoms with Crippen molar-refractivity contribution >= 4 is 34.8 Å². The zero-order valence-corrected chi connectivity index (χ0v) is 15.8. The number of thiazole rings is 1. The van der Waals surface area contributed by atoms with E-state index in [-0.39, 0.29) is 12.5 Å². The Hall–Kier alpha value is -2.12. The highest BCUT2D eigenvalue weighted by Gasteiger charge is 2.34. The normalized spacial score (nSPS) is 17.2. The van der Waals surface area contributed by atoms with Gasteiger partial charge in [-0.2, -0.15) is 0 Å². The number of benzene rings is 1. The molecular formula is C18H19ClN2O4S. The summed E-state index contributed by atoms with van der Waals surface area (Å²) in [7, 11) is 0. The number of aryl methyl sites for hydroxylation is 1. The summed E-state index contributed by atoms with van der Waals surface area (Å²) in [5, 5.41) is 10.7. The highest BCUT2D eigenvalue weighted by molar-refractivity contribution is 7.13. The van der Waals surface area contributed by atoms with E-state index in [1.807, 2.05) is 0 Å². The predicted molar refractivity (Wildman–Crippen MR) is 98.9 cm³/mol. The number of carboxylic acids is 1. The Bertz CT molecular complexity index is 806. The lowest BCUT2D eigenvalue weighted by Crippen LogP contribution is -2.47. The number of amides is 1. The van der Waals surface area contributed by atoms with Crippen LogP contribution in [0.3, 0.4) is 0 Å². The second-order valence-electron chi connectivity index (χ2n) is 6.11. The van der Waals surface area contributed by atoms with Crippen molar-refractivity contribution in [2.24, 2.45) is 0 Å². The number of hydrogen-bond donors (Lipinski definition) is 1. The largest absolute Gasteiger partial charge is 0.486 e. The smallest absolute Gasteiger partial charge is 0.326 e. The molecule has 6 nitrogen and oxygen atoms in total. The molecule has 2 aromatic rings. The molecular weight excluding hydrogens is 376 g/mol. The summed E-state index contributed by atoms with van der Waals surface area (Å²) >= 11 is 7.10. The number of carbonyl (C=O) groups is 2. The highest BCUT2D eigenvalue weighted by atomic mass is 35.5. The molecule has 26 heavy (non-hydrogen) atoms. The van der Waals surface area contributed by atoms with Crippen LogP contribution in [0.15, 0.2) is 24.3 Å². The highest BCUT2D eigenvalue weighted by Crippen LogP contribution is 2.26. The Labute approximate surface area is 160 Å². The van der Waals surface area contributed by atoms with Gasteiger partial charge in [-0.1, -0.05) is 11.6 Å². The molecule has 1 fully saturated rings. The lowest BCUT2D eigenvalue weighted by Gasteiger charge is -2.32. The van der Waals surface area contributed by atoms with Gasteiger partial charge in [-0.25, -0.2) is 9.78 Å². The minimum atomic E-state index is -0.952. The Balaban J connectivity index is 1.71. The summed E-state index contributed by atoms with van der Waals surface area (Å²) in [6.07, 6.45) is 2.13. The third-order valence-corrected chi connectivity index (χ3v) is 5.63. The predicted octanol–water partition coefficient (Wildman–Crippen LogP) is 3.76. The van der Waals surface area contributed by atoms with E-state index in [2.05, 4.69) is 4.98 Å². The minimum absolute atomic E-state index is 0.239. The summed E-state index contributed by atoms with van der Waals surface area (Å²) < 4.78 is 5.67. The lowest BCUT2D eigenvalue weighted by atomic mass is 10.0. The number of halogens is 1. The van der Waals surface area contributed by atoms with Gasteiger partial charge < -0.3 is 14.7 Å². The monoisotopic (exact) mass is 394 g/mol. The molecule has 1 aromatic heterocycles. The molecule has 1 aliphatic heterocycles. The molecule has 1 N–H and O–H groups in total. The Kier molecular flexibility index (Phi) is 5.78. The number of ether oxygens (including phenoxy) is 1. The number of aliphatic carboxylic acids is 1. The van der Waals surface area contributed by atoms with E-state index in [0.717, 1.165) is 12.8 Å². The molecule has 1 aliphatic rings. The van der Waals surface area contributed by atoms with Crippen molar-refractivity contribution in [3.8, 4) is 5.75 Å². The van der Waals surface area contributed by atoms with E-state index in [0.29, 0.717) is 39.3 Å². The maximum Gasteiger partial charge on any atom is 0.326 e. The first kappa shape index (κ1) is 18.7. The average Bonchev–Trinajstić information content (AvgIpc) is 3.01. The minimum Gasteiger partial charge on any atom is -0.486 e. The number of hydrogen-bond acceptors (Lipinski definition) is 5. The maximum absolute atomic E-state index is 12.8. The molecule has 0 radical (unpaired) electrons. The zero-order chi connectivity index (χ0) is 18.7. The molecule has 0 unspecified atom stereocenters. The Morgan fingerprint density at radius 3 is 2.77 bits per heavy atom. The first-order valence-electron chi connectivity index (χ1n) is 8.34. The number of aromatic nitrogens is 1. The van der Waals surface area contributed by atoms with Gasteiger partial charge in [-0.15, -0.1) is 11.3 Å². The van der Waals surface area contributed by atoms with E-state index >= 15 is 0 Å². The van der Waals surface area contributed by atoms with Gasteiger partial charge in [-0.3, -0.25) is 4.79 Å². The van der Waals surface area contributed by atoms with Crippen molar-refractivity contribution in [1.29, 1.82) is 0 Å². The van der Waals surface area contributed by atoms with E-state index in [1.165, 1.54) is 16.2 Å². The first-order chi connectivity index (χ1) is 12.5. The van der Waals surface area contributed by atoms with Crippen LogP contribution in [0.25, 0.3) is 0 Å². The standard InChI is InChI=1S/C18H19ClN2O4S/c1-11-16(17(22)21-9-3-2-4-14(21)18(23)24)26-15(20-11)10-25-13-7-5-12(19)6-8-13/h5-8,14H,2-4,9-10H2,1H3,(H,23,24)/t14-/m0/s1. The van der Waals surface area contributed by atoms with Crippen LogP contribution in [0.1, 0.15) is 39.6 Å². The SMILES string of the molecule is Cc1nc(COc2ccc(Cl)cc2)sc1C(=O)N1CCCC[C@H]1C(=O)O. The molecule has 3 rings (SSSR count). The Morgan fingerprint density at radius 1 is 1.35 bits per heavy atom. The van der Waals surface area contributed by atoms with Gasteiger partial charge in [-0.05, 0) is 50.5 Å². The molecule has 1 atom stereocenters. The Morgan fingerprint density at radius 2 is 2.08 bits per heavy atom. The van der Waals surface area contributed by atoms with Gasteiger partial charge in [0.1, 0.15) is 28.3 Å². The summed E-state index contributed by atoms with van der Waals surface area (Å²) in [6, 6.07) is 6.24. The molecule has 0 bridgehead atoms. The molecule has 138 valence electrons. The van der Waals surface area contributed by atoms with Crippen molar-refractivity contribution in [1.82, 2.24) is 9.88 Å². The summed E-state index contributed by atoms with van der Waals surface area (Å²) in [4.78, 5) is 30.6.